The zero-order chi connectivity index (χ0) is 19.8. The number of para-hydroxylation sites is 1. The Hall–Kier alpha value is -2.65. The van der Waals surface area contributed by atoms with Crippen LogP contribution in [-0.4, -0.2) is 26.0 Å². The van der Waals surface area contributed by atoms with Gasteiger partial charge < -0.3 is 10.1 Å². The van der Waals surface area contributed by atoms with Crippen LogP contribution in [0.1, 0.15) is 31.9 Å². The minimum atomic E-state index is -3.77. The van der Waals surface area contributed by atoms with Crippen LogP contribution >= 0.6 is 0 Å². The third-order valence-corrected chi connectivity index (χ3v) is 5.86. The predicted octanol–water partition coefficient (Wildman–Crippen LogP) is 3.22. The molecule has 9 heteroatoms. The van der Waals surface area contributed by atoms with E-state index in [0.29, 0.717) is 6.42 Å². The van der Waals surface area contributed by atoms with E-state index < -0.39 is 20.5 Å². The second-order valence-corrected chi connectivity index (χ2v) is 8.83. The smallest absolute Gasteiger partial charge is 0.293 e. The van der Waals surface area contributed by atoms with Gasteiger partial charge in [0, 0.05) is 18.1 Å². The number of ether oxygens (including phenoxy) is 1. The summed E-state index contributed by atoms with van der Waals surface area (Å²) in [4.78, 5) is 10.8. The van der Waals surface area contributed by atoms with Gasteiger partial charge in [-0.05, 0) is 39.1 Å². The number of fused-ring (bicyclic) bond motifs is 1. The van der Waals surface area contributed by atoms with Crippen LogP contribution in [-0.2, 0) is 10.0 Å². The monoisotopic (exact) mass is 391 g/mol. The molecular weight excluding hydrogens is 370 g/mol. The van der Waals surface area contributed by atoms with Crippen molar-refractivity contribution in [3.63, 3.8) is 0 Å². The number of anilines is 1. The van der Waals surface area contributed by atoms with Crippen molar-refractivity contribution in [2.24, 2.45) is 0 Å². The van der Waals surface area contributed by atoms with Crippen molar-refractivity contribution in [1.82, 2.24) is 4.72 Å². The lowest BCUT2D eigenvalue weighted by molar-refractivity contribution is -0.384. The average molecular weight is 391 g/mol. The van der Waals surface area contributed by atoms with Crippen LogP contribution < -0.4 is 14.8 Å². The molecular formula is C18H21N3O5S. The summed E-state index contributed by atoms with van der Waals surface area (Å²) in [6.45, 7) is 3.91. The Kier molecular flexibility index (Phi) is 4.83. The number of hydrogen-bond acceptors (Lipinski definition) is 6. The number of nitro groups is 1. The van der Waals surface area contributed by atoms with Crippen molar-refractivity contribution < 1.29 is 18.1 Å². The molecule has 1 aliphatic heterocycles. The van der Waals surface area contributed by atoms with E-state index in [1.54, 1.807) is 0 Å². The average Bonchev–Trinajstić information content (AvgIpc) is 2.60. The van der Waals surface area contributed by atoms with Crippen molar-refractivity contribution in [2.45, 2.75) is 36.8 Å². The number of benzene rings is 2. The molecule has 1 heterocycles. The van der Waals surface area contributed by atoms with Crippen molar-refractivity contribution >= 4 is 21.4 Å². The molecule has 1 atom stereocenters. The number of nitrogens with zero attached hydrogens (tertiary/aromatic N) is 1. The Morgan fingerprint density at radius 2 is 1.93 bits per heavy atom. The van der Waals surface area contributed by atoms with Crippen LogP contribution in [0.3, 0.4) is 0 Å². The molecule has 1 unspecified atom stereocenters. The molecule has 3 rings (SSSR count). The van der Waals surface area contributed by atoms with Gasteiger partial charge in [-0.3, -0.25) is 10.1 Å². The van der Waals surface area contributed by atoms with Gasteiger partial charge in [0.15, 0.2) is 0 Å². The molecule has 144 valence electrons. The molecule has 0 saturated heterocycles. The van der Waals surface area contributed by atoms with Crippen LogP contribution in [0.5, 0.6) is 5.75 Å². The lowest BCUT2D eigenvalue weighted by Crippen LogP contribution is -2.37. The molecule has 27 heavy (non-hydrogen) atoms. The summed E-state index contributed by atoms with van der Waals surface area (Å²) in [6.07, 6.45) is 0.595. The molecule has 2 N–H and O–H groups in total. The van der Waals surface area contributed by atoms with Crippen LogP contribution in [0, 0.1) is 10.1 Å². The summed E-state index contributed by atoms with van der Waals surface area (Å²) < 4.78 is 32.1. The number of nitrogens with one attached hydrogen (secondary N) is 2. The van der Waals surface area contributed by atoms with E-state index in [9.17, 15) is 18.5 Å². The Bertz CT molecular complexity index is 988. The predicted molar refractivity (Wildman–Crippen MR) is 101 cm³/mol. The Morgan fingerprint density at radius 3 is 2.59 bits per heavy atom. The molecule has 8 nitrogen and oxygen atoms in total. The first-order valence-corrected chi connectivity index (χ1v) is 9.88. The van der Waals surface area contributed by atoms with Gasteiger partial charge >= 0.3 is 0 Å². The number of nitro benzene ring substituents is 1. The third kappa shape index (κ3) is 3.88. The lowest BCUT2D eigenvalue weighted by Gasteiger charge is -2.38. The molecule has 2 aromatic carbocycles. The van der Waals surface area contributed by atoms with Gasteiger partial charge in [0.05, 0.1) is 15.9 Å². The van der Waals surface area contributed by atoms with E-state index in [2.05, 4.69) is 10.0 Å². The molecule has 0 aromatic heterocycles. The first-order chi connectivity index (χ1) is 12.6. The Labute approximate surface area is 157 Å². The minimum absolute atomic E-state index is 0.157. The molecule has 0 fully saturated rings. The van der Waals surface area contributed by atoms with Crippen LogP contribution in [0.4, 0.5) is 11.4 Å². The molecule has 0 saturated carbocycles. The fourth-order valence-electron chi connectivity index (χ4n) is 3.19. The SMILES string of the molecule is CNS(=O)(=O)c1ccc(NC2CC(C)(C)Oc3ccccc32)c([N+](=O)[O-])c1. The molecule has 1 aliphatic rings. The Balaban J connectivity index is 2.02. The quantitative estimate of drug-likeness (QED) is 0.598. The number of hydrogen-bond donors (Lipinski definition) is 2. The summed E-state index contributed by atoms with van der Waals surface area (Å²) >= 11 is 0. The van der Waals surface area contributed by atoms with Crippen molar-refractivity contribution in [3.8, 4) is 5.75 Å². The van der Waals surface area contributed by atoms with Gasteiger partial charge in [0.2, 0.25) is 10.0 Å². The number of sulfonamides is 1. The van der Waals surface area contributed by atoms with Crippen LogP contribution in [0.25, 0.3) is 0 Å². The first-order valence-electron chi connectivity index (χ1n) is 8.39. The maximum Gasteiger partial charge on any atom is 0.293 e. The van der Waals surface area contributed by atoms with Gasteiger partial charge in [-0.1, -0.05) is 18.2 Å². The highest BCUT2D eigenvalue weighted by Crippen LogP contribution is 2.42. The van der Waals surface area contributed by atoms with Gasteiger partial charge in [0.25, 0.3) is 5.69 Å². The van der Waals surface area contributed by atoms with Gasteiger partial charge in [-0.15, -0.1) is 0 Å². The standard InChI is InChI=1S/C18H21N3O5S/c1-18(2)11-15(13-6-4-5-7-17(13)26-18)20-14-9-8-12(27(24,25)19-3)10-16(14)21(22)23/h4-10,15,19-20H,11H2,1-3H3. The zero-order valence-corrected chi connectivity index (χ0v) is 16.0. The molecule has 0 amide bonds. The molecule has 0 radical (unpaired) electrons. The second kappa shape index (κ2) is 6.82. The van der Waals surface area contributed by atoms with E-state index in [1.807, 2.05) is 38.1 Å². The number of rotatable bonds is 5. The molecule has 2 aromatic rings. The largest absolute Gasteiger partial charge is 0.487 e. The fourth-order valence-corrected chi connectivity index (χ4v) is 3.94. The normalized spacial score (nSPS) is 18.3. The second-order valence-electron chi connectivity index (χ2n) is 6.94. The van der Waals surface area contributed by atoms with Gasteiger partial charge in [0.1, 0.15) is 17.0 Å². The van der Waals surface area contributed by atoms with Crippen molar-refractivity contribution in [2.75, 3.05) is 12.4 Å². The van der Waals surface area contributed by atoms with E-state index in [4.69, 9.17) is 4.74 Å². The summed E-state index contributed by atoms with van der Waals surface area (Å²) in [6, 6.07) is 11.1. The van der Waals surface area contributed by atoms with Crippen LogP contribution in [0.15, 0.2) is 47.4 Å². The highest BCUT2D eigenvalue weighted by atomic mass is 32.2. The van der Waals surface area contributed by atoms with E-state index in [1.165, 1.54) is 19.2 Å². The van der Waals surface area contributed by atoms with Crippen LogP contribution in [0.2, 0.25) is 0 Å². The summed E-state index contributed by atoms with van der Waals surface area (Å²) in [5.41, 5.74) is 0.412. The summed E-state index contributed by atoms with van der Waals surface area (Å²) in [5.74, 6) is 0.725. The van der Waals surface area contributed by atoms with Crippen molar-refractivity contribution in [1.29, 1.82) is 0 Å². The first kappa shape index (κ1) is 19.1. The zero-order valence-electron chi connectivity index (χ0n) is 15.2. The van der Waals surface area contributed by atoms with Gasteiger partial charge in [-0.2, -0.15) is 0 Å². The summed E-state index contributed by atoms with van der Waals surface area (Å²) in [7, 11) is -2.52. The summed E-state index contributed by atoms with van der Waals surface area (Å²) in [5, 5.41) is 14.7. The van der Waals surface area contributed by atoms with E-state index in [0.717, 1.165) is 17.4 Å². The molecule has 0 bridgehead atoms. The lowest BCUT2D eigenvalue weighted by atomic mass is 9.89. The maximum absolute atomic E-state index is 12.0. The minimum Gasteiger partial charge on any atom is -0.487 e. The van der Waals surface area contributed by atoms with Gasteiger partial charge in [-0.25, -0.2) is 13.1 Å². The third-order valence-electron chi connectivity index (χ3n) is 4.45. The fraction of sp³-hybridized carbons (Fsp3) is 0.333. The van der Waals surface area contributed by atoms with E-state index >= 15 is 0 Å². The highest BCUT2D eigenvalue weighted by Gasteiger charge is 2.34. The topological polar surface area (TPSA) is 111 Å². The van der Waals surface area contributed by atoms with Crippen molar-refractivity contribution in [3.05, 3.63) is 58.1 Å². The highest BCUT2D eigenvalue weighted by molar-refractivity contribution is 7.89. The molecule has 0 aliphatic carbocycles. The van der Waals surface area contributed by atoms with E-state index in [-0.39, 0.29) is 22.3 Å². The Morgan fingerprint density at radius 1 is 1.22 bits per heavy atom. The molecule has 0 spiro atoms. The maximum atomic E-state index is 12.0.